The van der Waals surface area contributed by atoms with Crippen LogP contribution < -0.4 is 5.73 Å². The third-order valence-corrected chi connectivity index (χ3v) is 8.15. The maximum Gasteiger partial charge on any atom is 0.255 e. The topological polar surface area (TPSA) is 183 Å². The van der Waals surface area contributed by atoms with Gasteiger partial charge >= 0.3 is 0 Å². The standard InChI is InChI=1S/C28H35N3O8/c1-11(30-39-7)13-10-16(27(2,3)4)21(32)18-14(13)8-12-9-15-20(31(5)6)23(34)19(26(29)37)25(36)28(15,38)24(35)17(12)22(18)33/h10,12,15,20,32-33,36,38H,8-9H2,1-7H3,(H2,29,37)/b30-11-/t12-,15+,20-,28-/m0/s1. The molecule has 0 heterocycles. The number of likely N-dealkylation sites (N-methyl/N-ethyl adjacent to an activating group) is 1. The summed E-state index contributed by atoms with van der Waals surface area (Å²) in [5.74, 6) is -6.82. The first-order chi connectivity index (χ1) is 18.0. The molecule has 39 heavy (non-hydrogen) atoms. The molecule has 0 spiro atoms. The summed E-state index contributed by atoms with van der Waals surface area (Å²) in [7, 11) is 4.52. The highest BCUT2D eigenvalue weighted by molar-refractivity contribution is 6.24. The van der Waals surface area contributed by atoms with Gasteiger partial charge in [-0.25, -0.2) is 0 Å². The molecular formula is C28H35N3O8. The largest absolute Gasteiger partial charge is 0.508 e. The number of rotatable bonds is 4. The first-order valence-corrected chi connectivity index (χ1v) is 12.6. The van der Waals surface area contributed by atoms with Crippen molar-refractivity contribution in [2.45, 2.75) is 57.6 Å². The van der Waals surface area contributed by atoms with E-state index in [2.05, 4.69) is 5.16 Å². The van der Waals surface area contributed by atoms with Gasteiger partial charge in [0.2, 0.25) is 5.78 Å². The minimum Gasteiger partial charge on any atom is -0.508 e. The van der Waals surface area contributed by atoms with Crippen LogP contribution in [0.25, 0.3) is 5.76 Å². The van der Waals surface area contributed by atoms with Gasteiger partial charge in [-0.3, -0.25) is 19.3 Å². The predicted molar refractivity (Wildman–Crippen MR) is 142 cm³/mol. The van der Waals surface area contributed by atoms with Gasteiger partial charge in [0, 0.05) is 22.6 Å². The van der Waals surface area contributed by atoms with Crippen LogP contribution in [-0.2, 0) is 31.1 Å². The fraction of sp³-hybridized carbons (Fsp3) is 0.500. The zero-order chi connectivity index (χ0) is 29.4. The van der Waals surface area contributed by atoms with E-state index < -0.39 is 63.5 Å². The molecule has 210 valence electrons. The molecule has 11 heteroatoms. The minimum absolute atomic E-state index is 0.00740. The van der Waals surface area contributed by atoms with Gasteiger partial charge in [0.15, 0.2) is 11.4 Å². The summed E-state index contributed by atoms with van der Waals surface area (Å²) in [6, 6.07) is 0.640. The van der Waals surface area contributed by atoms with E-state index in [4.69, 9.17) is 10.6 Å². The number of phenols is 1. The number of Topliss-reactive ketones (excluding diaryl/α,β-unsaturated/α-hetero) is 2. The average molecular weight is 542 g/mol. The molecule has 11 nitrogen and oxygen atoms in total. The molecule has 0 bridgehead atoms. The second-order valence-electron chi connectivity index (χ2n) is 11.7. The third kappa shape index (κ3) is 3.94. The van der Waals surface area contributed by atoms with E-state index in [-0.39, 0.29) is 29.7 Å². The van der Waals surface area contributed by atoms with Gasteiger partial charge in [0.25, 0.3) is 5.91 Å². The number of hydrogen-bond acceptors (Lipinski definition) is 10. The highest BCUT2D eigenvalue weighted by atomic mass is 16.6. The summed E-state index contributed by atoms with van der Waals surface area (Å²) in [6.07, 6.45) is 0.173. The van der Waals surface area contributed by atoms with Crippen LogP contribution in [0.1, 0.15) is 56.4 Å². The monoisotopic (exact) mass is 541 g/mol. The lowest BCUT2D eigenvalue weighted by atomic mass is 9.57. The van der Waals surface area contributed by atoms with E-state index >= 15 is 0 Å². The molecule has 1 aromatic carbocycles. The summed E-state index contributed by atoms with van der Waals surface area (Å²) < 4.78 is 0. The normalized spacial score (nSPS) is 27.4. The Labute approximate surface area is 226 Å². The Morgan fingerprint density at radius 1 is 1.21 bits per heavy atom. The predicted octanol–water partition coefficient (Wildman–Crippen LogP) is 1.63. The minimum atomic E-state index is -2.68. The van der Waals surface area contributed by atoms with Crippen molar-refractivity contribution in [1.29, 1.82) is 0 Å². The van der Waals surface area contributed by atoms with Gasteiger partial charge < -0.3 is 31.0 Å². The van der Waals surface area contributed by atoms with Gasteiger partial charge in [-0.15, -0.1) is 0 Å². The number of carbonyl (C=O) groups is 3. The number of aliphatic hydroxyl groups is 3. The molecule has 3 aliphatic rings. The van der Waals surface area contributed by atoms with Crippen molar-refractivity contribution < 1.29 is 39.6 Å². The molecule has 1 amide bonds. The number of benzene rings is 1. The van der Waals surface area contributed by atoms with E-state index in [1.54, 1.807) is 27.1 Å². The number of nitrogens with two attached hydrogens (primary N) is 1. The molecule has 1 aromatic rings. The van der Waals surface area contributed by atoms with Crippen LogP contribution in [0.2, 0.25) is 0 Å². The third-order valence-electron chi connectivity index (χ3n) is 8.15. The first-order valence-electron chi connectivity index (χ1n) is 12.6. The van der Waals surface area contributed by atoms with E-state index in [1.165, 1.54) is 12.0 Å². The molecule has 0 aliphatic heterocycles. The second kappa shape index (κ2) is 9.20. The molecule has 0 saturated heterocycles. The zero-order valence-electron chi connectivity index (χ0n) is 23.1. The molecule has 1 saturated carbocycles. The highest BCUT2D eigenvalue weighted by Crippen LogP contribution is 2.54. The van der Waals surface area contributed by atoms with Crippen LogP contribution in [0.3, 0.4) is 0 Å². The van der Waals surface area contributed by atoms with Crippen LogP contribution in [0.4, 0.5) is 0 Å². The fourth-order valence-corrected chi connectivity index (χ4v) is 6.39. The SMILES string of the molecule is CO/N=C(/C)c1cc(C(C)(C)C)c(O)c2c1C[C@H]1C[C@@H]3[C@H](N(C)C)C(=O)C(C(N)=O)=C(O)[C@@]3(O)C(=O)C1=C2O. The van der Waals surface area contributed by atoms with Crippen molar-refractivity contribution >= 4 is 28.9 Å². The molecule has 3 aliphatic carbocycles. The van der Waals surface area contributed by atoms with Crippen molar-refractivity contribution in [2.75, 3.05) is 21.2 Å². The maximum atomic E-state index is 14.0. The maximum absolute atomic E-state index is 14.0. The number of amides is 1. The number of carbonyl (C=O) groups excluding carboxylic acids is 3. The lowest BCUT2D eigenvalue weighted by molar-refractivity contribution is -0.153. The number of nitrogens with zero attached hydrogens (tertiary/aromatic N) is 2. The number of phenolic OH excluding ortho intramolecular Hbond substituents is 1. The van der Waals surface area contributed by atoms with E-state index in [0.717, 1.165) is 0 Å². The van der Waals surface area contributed by atoms with E-state index in [0.29, 0.717) is 22.4 Å². The Kier molecular flexibility index (Phi) is 6.68. The molecule has 0 unspecified atom stereocenters. The molecule has 1 fully saturated rings. The Morgan fingerprint density at radius 3 is 2.33 bits per heavy atom. The summed E-state index contributed by atoms with van der Waals surface area (Å²) in [6.45, 7) is 7.36. The van der Waals surface area contributed by atoms with Crippen LogP contribution in [0, 0.1) is 11.8 Å². The lowest BCUT2D eigenvalue weighted by Gasteiger charge is -2.50. The molecule has 4 rings (SSSR count). The Bertz CT molecular complexity index is 1400. The summed E-state index contributed by atoms with van der Waals surface area (Å²) in [5, 5.41) is 49.7. The molecule has 4 atom stereocenters. The number of oxime groups is 1. The molecule has 0 aromatic heterocycles. The van der Waals surface area contributed by atoms with E-state index in [9.17, 15) is 34.8 Å². The van der Waals surface area contributed by atoms with Gasteiger partial charge in [-0.2, -0.15) is 0 Å². The van der Waals surface area contributed by atoms with Crippen LogP contribution in [0.15, 0.2) is 28.1 Å². The van der Waals surface area contributed by atoms with Crippen molar-refractivity contribution in [3.63, 3.8) is 0 Å². The fourth-order valence-electron chi connectivity index (χ4n) is 6.39. The van der Waals surface area contributed by atoms with Crippen molar-refractivity contribution in [3.8, 4) is 5.75 Å². The number of aromatic hydroxyl groups is 1. The van der Waals surface area contributed by atoms with E-state index in [1.807, 2.05) is 20.8 Å². The Balaban J connectivity index is 2.05. The van der Waals surface area contributed by atoms with Crippen molar-refractivity contribution in [2.24, 2.45) is 22.7 Å². The number of hydrogen-bond donors (Lipinski definition) is 5. The van der Waals surface area contributed by atoms with Crippen molar-refractivity contribution in [1.82, 2.24) is 4.90 Å². The first kappa shape index (κ1) is 28.3. The molecular weight excluding hydrogens is 506 g/mol. The summed E-state index contributed by atoms with van der Waals surface area (Å²) in [4.78, 5) is 45.8. The number of aliphatic hydroxyl groups excluding tert-OH is 2. The van der Waals surface area contributed by atoms with Crippen LogP contribution in [0.5, 0.6) is 5.75 Å². The van der Waals surface area contributed by atoms with Gasteiger partial charge in [-0.1, -0.05) is 25.9 Å². The highest BCUT2D eigenvalue weighted by Gasteiger charge is 2.64. The number of ketones is 2. The quantitative estimate of drug-likeness (QED) is 0.215. The van der Waals surface area contributed by atoms with Gasteiger partial charge in [-0.05, 0) is 56.8 Å². The zero-order valence-corrected chi connectivity index (χ0v) is 23.1. The second-order valence-corrected chi connectivity index (χ2v) is 11.7. The summed E-state index contributed by atoms with van der Waals surface area (Å²) >= 11 is 0. The van der Waals surface area contributed by atoms with Gasteiger partial charge in [0.1, 0.15) is 30.0 Å². The average Bonchev–Trinajstić information content (AvgIpc) is 2.80. The lowest BCUT2D eigenvalue weighted by Crippen LogP contribution is -2.65. The van der Waals surface area contributed by atoms with Crippen molar-refractivity contribution in [3.05, 3.63) is 45.2 Å². The molecule has 6 N–H and O–H groups in total. The van der Waals surface area contributed by atoms with Crippen LogP contribution in [-0.4, -0.2) is 81.4 Å². The van der Waals surface area contributed by atoms with Crippen LogP contribution >= 0.6 is 0 Å². The smallest absolute Gasteiger partial charge is 0.255 e. The Hall–Kier alpha value is -3.70. The molecule has 0 radical (unpaired) electrons. The number of primary amides is 1. The van der Waals surface area contributed by atoms with Gasteiger partial charge in [0.05, 0.1) is 17.3 Å². The Morgan fingerprint density at radius 2 is 1.82 bits per heavy atom. The summed E-state index contributed by atoms with van der Waals surface area (Å²) in [5.41, 5.74) is 3.22. The number of fused-ring (bicyclic) bond motifs is 3.